The zero-order chi connectivity index (χ0) is 44.1. The van der Waals surface area contributed by atoms with Gasteiger partial charge in [0.1, 0.15) is 0 Å². The molecular weight excluding hydrogens is 801 g/mol. The van der Waals surface area contributed by atoms with E-state index in [9.17, 15) is 0 Å². The fourth-order valence-corrected chi connectivity index (χ4v) is 8.58. The fourth-order valence-electron chi connectivity index (χ4n) is 8.58. The zero-order valence-electron chi connectivity index (χ0n) is 36.0. The summed E-state index contributed by atoms with van der Waals surface area (Å²) in [5, 5.41) is 0. The van der Waals surface area contributed by atoms with E-state index in [1.54, 1.807) is 0 Å². The molecule has 2 aromatic heterocycles. The van der Waals surface area contributed by atoms with Gasteiger partial charge in [0.15, 0.2) is 11.6 Å². The average molecular weight is 843 g/mol. The summed E-state index contributed by atoms with van der Waals surface area (Å²) in [6.45, 7) is 0. The molecule has 0 aliphatic heterocycles. The van der Waals surface area contributed by atoms with Crippen molar-refractivity contribution in [3.8, 4) is 112 Å². The van der Waals surface area contributed by atoms with Crippen molar-refractivity contribution in [3.63, 3.8) is 0 Å². The minimum absolute atomic E-state index is 0.695. The Morgan fingerprint density at radius 1 is 0.182 bits per heavy atom. The molecule has 0 amide bonds. The number of nitrogens with zero attached hydrogens (tertiary/aromatic N) is 4. The Labute approximate surface area is 385 Å². The van der Waals surface area contributed by atoms with Gasteiger partial charge in [-0.2, -0.15) is 0 Å². The van der Waals surface area contributed by atoms with Crippen LogP contribution < -0.4 is 0 Å². The Balaban J connectivity index is 1.01. The number of hydrogen-bond donors (Lipinski definition) is 0. The maximum Gasteiger partial charge on any atom is 0.160 e. The van der Waals surface area contributed by atoms with Crippen molar-refractivity contribution in [2.45, 2.75) is 0 Å². The highest BCUT2D eigenvalue weighted by Crippen LogP contribution is 2.42. The smallest absolute Gasteiger partial charge is 0.160 e. The molecule has 0 saturated carbocycles. The Morgan fingerprint density at radius 2 is 0.439 bits per heavy atom. The standard InChI is InChI=1S/C62H42N4/c1-6-17-43(18-7-1)44-29-31-45(32-30-44)54-27-16-28-55(46-33-35-49(36-34-46)58-41-56(47-19-8-2-9-20-47)63-61(65-58)52-23-12-4-13-24-52)60(54)51-39-37-50(38-40-51)59-42-57(48-21-10-3-11-22-48)64-62(66-59)53-25-14-5-15-26-53/h1-42H. The Bertz CT molecular complexity index is 3280. The topological polar surface area (TPSA) is 51.6 Å². The molecule has 4 heteroatoms. The summed E-state index contributed by atoms with van der Waals surface area (Å²) < 4.78 is 0. The molecule has 0 aliphatic carbocycles. The molecule has 11 rings (SSSR count). The van der Waals surface area contributed by atoms with Gasteiger partial charge in [0, 0.05) is 33.4 Å². The van der Waals surface area contributed by atoms with Crippen LogP contribution in [0.25, 0.3) is 112 Å². The molecule has 0 spiro atoms. The summed E-state index contributed by atoms with van der Waals surface area (Å²) in [4.78, 5) is 20.3. The van der Waals surface area contributed by atoms with Gasteiger partial charge in [0.2, 0.25) is 0 Å². The van der Waals surface area contributed by atoms with E-state index in [0.717, 1.165) is 89.5 Å². The molecule has 0 unspecified atom stereocenters. The number of benzene rings is 9. The molecule has 0 atom stereocenters. The van der Waals surface area contributed by atoms with Crippen LogP contribution in [0, 0.1) is 0 Å². The Hall–Kier alpha value is -8.86. The van der Waals surface area contributed by atoms with Gasteiger partial charge in [-0.25, -0.2) is 19.9 Å². The Kier molecular flexibility index (Phi) is 10.9. The predicted octanol–water partition coefficient (Wildman–Crippen LogP) is 15.9. The van der Waals surface area contributed by atoms with Crippen LogP contribution in [-0.4, -0.2) is 19.9 Å². The largest absolute Gasteiger partial charge is 0.228 e. The van der Waals surface area contributed by atoms with E-state index in [-0.39, 0.29) is 0 Å². The lowest BCUT2D eigenvalue weighted by Crippen LogP contribution is -1.96. The van der Waals surface area contributed by atoms with Crippen molar-refractivity contribution in [3.05, 3.63) is 255 Å². The van der Waals surface area contributed by atoms with Crippen LogP contribution in [0.1, 0.15) is 0 Å². The molecule has 0 fully saturated rings. The molecule has 310 valence electrons. The molecular formula is C62H42N4. The highest BCUT2D eigenvalue weighted by Gasteiger charge is 2.17. The van der Waals surface area contributed by atoms with Gasteiger partial charge in [-0.1, -0.05) is 243 Å². The number of aromatic nitrogens is 4. The number of rotatable bonds is 10. The summed E-state index contributed by atoms with van der Waals surface area (Å²) in [7, 11) is 0. The van der Waals surface area contributed by atoms with E-state index in [1.165, 1.54) is 11.1 Å². The van der Waals surface area contributed by atoms with Crippen LogP contribution in [0.4, 0.5) is 0 Å². The lowest BCUT2D eigenvalue weighted by atomic mass is 9.86. The summed E-state index contributed by atoms with van der Waals surface area (Å²) >= 11 is 0. The maximum absolute atomic E-state index is 5.12. The first kappa shape index (κ1) is 40.0. The van der Waals surface area contributed by atoms with Crippen LogP contribution >= 0.6 is 0 Å². The Morgan fingerprint density at radius 3 is 0.803 bits per heavy atom. The lowest BCUT2D eigenvalue weighted by Gasteiger charge is -2.18. The third-order valence-electron chi connectivity index (χ3n) is 12.0. The maximum atomic E-state index is 5.12. The molecule has 0 bridgehead atoms. The van der Waals surface area contributed by atoms with Crippen molar-refractivity contribution >= 4 is 0 Å². The van der Waals surface area contributed by atoms with Crippen LogP contribution in [0.3, 0.4) is 0 Å². The van der Waals surface area contributed by atoms with Crippen LogP contribution in [0.5, 0.6) is 0 Å². The van der Waals surface area contributed by atoms with E-state index < -0.39 is 0 Å². The number of hydrogen-bond acceptors (Lipinski definition) is 4. The third-order valence-corrected chi connectivity index (χ3v) is 12.0. The second-order valence-electron chi connectivity index (χ2n) is 16.2. The molecule has 0 saturated heterocycles. The van der Waals surface area contributed by atoms with Gasteiger partial charge in [-0.15, -0.1) is 0 Å². The van der Waals surface area contributed by atoms with Crippen LogP contribution in [0.15, 0.2) is 255 Å². The first-order chi connectivity index (χ1) is 32.7. The molecule has 0 aliphatic rings. The predicted molar refractivity (Wildman–Crippen MR) is 272 cm³/mol. The SMILES string of the molecule is c1ccc(-c2ccc(-c3cccc(-c4ccc(-c5cc(-c6ccccc6)nc(-c6ccccc6)n5)cc4)c3-c3ccc(-c4cc(-c5ccccc5)nc(-c5ccccc5)n4)cc3)cc2)cc1. The highest BCUT2D eigenvalue weighted by atomic mass is 14.9. The van der Waals surface area contributed by atoms with E-state index in [4.69, 9.17) is 19.9 Å². The van der Waals surface area contributed by atoms with Crippen molar-refractivity contribution in [2.75, 3.05) is 0 Å². The molecule has 9 aromatic carbocycles. The van der Waals surface area contributed by atoms with Gasteiger partial charge in [-0.05, 0) is 56.6 Å². The van der Waals surface area contributed by atoms with E-state index in [1.807, 2.05) is 72.8 Å². The van der Waals surface area contributed by atoms with E-state index in [2.05, 4.69) is 182 Å². The van der Waals surface area contributed by atoms with Crippen molar-refractivity contribution < 1.29 is 0 Å². The van der Waals surface area contributed by atoms with Gasteiger partial charge in [0.25, 0.3) is 0 Å². The second kappa shape index (κ2) is 18.1. The second-order valence-corrected chi connectivity index (χ2v) is 16.2. The lowest BCUT2D eigenvalue weighted by molar-refractivity contribution is 1.18. The zero-order valence-corrected chi connectivity index (χ0v) is 36.0. The monoisotopic (exact) mass is 842 g/mol. The summed E-state index contributed by atoms with van der Waals surface area (Å²) in [6, 6.07) is 88.9. The van der Waals surface area contributed by atoms with Crippen molar-refractivity contribution in [1.29, 1.82) is 0 Å². The first-order valence-corrected chi connectivity index (χ1v) is 22.2. The van der Waals surface area contributed by atoms with Gasteiger partial charge in [0.05, 0.1) is 22.8 Å². The summed E-state index contributed by atoms with van der Waals surface area (Å²) in [5.41, 5.74) is 18.8. The molecule has 4 nitrogen and oxygen atoms in total. The van der Waals surface area contributed by atoms with E-state index in [0.29, 0.717) is 11.6 Å². The van der Waals surface area contributed by atoms with Crippen molar-refractivity contribution in [1.82, 2.24) is 19.9 Å². The average Bonchev–Trinajstić information content (AvgIpc) is 3.42. The molecule has 11 aromatic rings. The summed E-state index contributed by atoms with van der Waals surface area (Å²) in [6.07, 6.45) is 0. The quantitative estimate of drug-likeness (QED) is 0.138. The summed E-state index contributed by atoms with van der Waals surface area (Å²) in [5.74, 6) is 1.39. The fraction of sp³-hybridized carbons (Fsp3) is 0. The molecule has 0 radical (unpaired) electrons. The molecule has 0 N–H and O–H groups in total. The van der Waals surface area contributed by atoms with Crippen molar-refractivity contribution in [2.24, 2.45) is 0 Å². The molecule has 2 heterocycles. The van der Waals surface area contributed by atoms with Crippen LogP contribution in [-0.2, 0) is 0 Å². The van der Waals surface area contributed by atoms with E-state index >= 15 is 0 Å². The van der Waals surface area contributed by atoms with Gasteiger partial charge < -0.3 is 0 Å². The minimum atomic E-state index is 0.695. The highest BCUT2D eigenvalue weighted by molar-refractivity contribution is 5.95. The minimum Gasteiger partial charge on any atom is -0.228 e. The van der Waals surface area contributed by atoms with Gasteiger partial charge >= 0.3 is 0 Å². The third kappa shape index (κ3) is 8.35. The first-order valence-electron chi connectivity index (χ1n) is 22.2. The van der Waals surface area contributed by atoms with Gasteiger partial charge in [-0.3, -0.25) is 0 Å². The molecule has 66 heavy (non-hydrogen) atoms. The normalized spacial score (nSPS) is 11.0. The van der Waals surface area contributed by atoms with Crippen LogP contribution in [0.2, 0.25) is 0 Å².